The molecule has 0 spiro atoms. The van der Waals surface area contributed by atoms with E-state index < -0.39 is 5.92 Å². The van der Waals surface area contributed by atoms with Crippen molar-refractivity contribution in [2.24, 2.45) is 5.92 Å². The molecule has 24 heavy (non-hydrogen) atoms. The predicted molar refractivity (Wildman–Crippen MR) is 91.0 cm³/mol. The molecule has 7 heteroatoms. The van der Waals surface area contributed by atoms with Gasteiger partial charge in [-0.1, -0.05) is 23.2 Å². The van der Waals surface area contributed by atoms with E-state index in [4.69, 9.17) is 23.2 Å². The molecular weight excluding hydrogens is 357 g/mol. The van der Waals surface area contributed by atoms with Crippen LogP contribution in [0, 0.1) is 5.92 Å². The van der Waals surface area contributed by atoms with Crippen molar-refractivity contribution in [2.75, 3.05) is 6.54 Å². The highest BCUT2D eigenvalue weighted by Gasteiger charge is 2.36. The van der Waals surface area contributed by atoms with Crippen LogP contribution in [-0.4, -0.2) is 23.4 Å². The number of nitrogens with one attached hydrogen (secondary N) is 1. The number of alkyl halides is 2. The SMILES string of the molecule is O=C(NC[C@@H]1CCCC(F)(F)C1)c1c(Cl)ccc2nc(Cl)ccc12. The second kappa shape index (κ2) is 6.81. The normalized spacial score (nSPS) is 20.1. The molecule has 0 bridgehead atoms. The molecule has 1 aliphatic carbocycles. The summed E-state index contributed by atoms with van der Waals surface area (Å²) < 4.78 is 26.9. The van der Waals surface area contributed by atoms with Crippen molar-refractivity contribution in [3.63, 3.8) is 0 Å². The second-order valence-electron chi connectivity index (χ2n) is 6.15. The van der Waals surface area contributed by atoms with Crippen LogP contribution >= 0.6 is 23.2 Å². The lowest BCUT2D eigenvalue weighted by Crippen LogP contribution is -2.35. The lowest BCUT2D eigenvalue weighted by atomic mass is 9.86. The number of aromatic nitrogens is 1. The first-order valence-corrected chi connectivity index (χ1v) is 8.52. The number of nitrogens with zero attached hydrogens (tertiary/aromatic N) is 1. The first kappa shape index (κ1) is 17.4. The molecule has 0 radical (unpaired) electrons. The number of fused-ring (bicyclic) bond motifs is 1. The van der Waals surface area contributed by atoms with Gasteiger partial charge in [0.05, 0.1) is 16.1 Å². The van der Waals surface area contributed by atoms with Crippen LogP contribution in [-0.2, 0) is 0 Å². The molecule has 0 saturated heterocycles. The fraction of sp³-hybridized carbons (Fsp3) is 0.412. The number of halogens is 4. The Morgan fingerprint density at radius 2 is 2.08 bits per heavy atom. The van der Waals surface area contributed by atoms with E-state index in [2.05, 4.69) is 10.3 Å². The van der Waals surface area contributed by atoms with E-state index in [-0.39, 0.29) is 36.2 Å². The number of pyridine rings is 1. The summed E-state index contributed by atoms with van der Waals surface area (Å²) in [7, 11) is 0. The van der Waals surface area contributed by atoms with Gasteiger partial charge in [-0.15, -0.1) is 0 Å². The average molecular weight is 373 g/mol. The standard InChI is InChI=1S/C17H16Cl2F2N2O/c18-12-4-5-13-11(3-6-14(19)23-13)15(12)16(24)22-9-10-2-1-7-17(20,21)8-10/h3-6,10H,1-2,7-9H2,(H,22,24)/t10-/m1/s1. The number of carbonyl (C=O) groups is 1. The summed E-state index contributed by atoms with van der Waals surface area (Å²) in [6, 6.07) is 6.53. The first-order chi connectivity index (χ1) is 11.4. The molecule has 1 aromatic carbocycles. The number of benzene rings is 1. The molecule has 1 fully saturated rings. The number of carbonyl (C=O) groups excluding carboxylic acids is 1. The molecule has 1 N–H and O–H groups in total. The largest absolute Gasteiger partial charge is 0.352 e. The van der Waals surface area contributed by atoms with Gasteiger partial charge >= 0.3 is 0 Å². The van der Waals surface area contributed by atoms with Crippen LogP contribution in [0.15, 0.2) is 24.3 Å². The summed E-state index contributed by atoms with van der Waals surface area (Å²) in [5.41, 5.74) is 0.849. The van der Waals surface area contributed by atoms with E-state index in [1.54, 1.807) is 24.3 Å². The average Bonchev–Trinajstić information content (AvgIpc) is 2.52. The zero-order chi connectivity index (χ0) is 17.3. The topological polar surface area (TPSA) is 42.0 Å². The number of hydrogen-bond donors (Lipinski definition) is 1. The van der Waals surface area contributed by atoms with E-state index in [0.717, 1.165) is 0 Å². The van der Waals surface area contributed by atoms with Gasteiger partial charge in [0.25, 0.3) is 5.91 Å². The molecule has 0 unspecified atom stereocenters. The van der Waals surface area contributed by atoms with Crippen LogP contribution in [0.4, 0.5) is 8.78 Å². The van der Waals surface area contributed by atoms with Crippen LogP contribution in [0.1, 0.15) is 36.0 Å². The van der Waals surface area contributed by atoms with Gasteiger partial charge in [-0.05, 0) is 43.0 Å². The fourth-order valence-electron chi connectivity index (χ4n) is 3.16. The third-order valence-corrected chi connectivity index (χ3v) is 4.83. The predicted octanol–water partition coefficient (Wildman–Crippen LogP) is 5.10. The maximum absolute atomic E-state index is 13.5. The van der Waals surface area contributed by atoms with Crippen molar-refractivity contribution in [1.29, 1.82) is 0 Å². The highest BCUT2D eigenvalue weighted by Crippen LogP contribution is 2.36. The number of amides is 1. The third kappa shape index (κ3) is 3.78. The summed E-state index contributed by atoms with van der Waals surface area (Å²) in [4.78, 5) is 16.7. The zero-order valence-electron chi connectivity index (χ0n) is 12.8. The summed E-state index contributed by atoms with van der Waals surface area (Å²) >= 11 is 12.0. The fourth-order valence-corrected chi connectivity index (χ4v) is 3.56. The molecule has 1 heterocycles. The third-order valence-electron chi connectivity index (χ3n) is 4.31. The monoisotopic (exact) mass is 372 g/mol. The minimum absolute atomic E-state index is 0.0704. The Balaban J connectivity index is 1.78. The maximum Gasteiger partial charge on any atom is 0.253 e. The summed E-state index contributed by atoms with van der Waals surface area (Å²) in [6.07, 6.45) is 0.911. The minimum Gasteiger partial charge on any atom is -0.352 e. The van der Waals surface area contributed by atoms with Crippen LogP contribution in [0.5, 0.6) is 0 Å². The Kier molecular flexibility index (Phi) is 4.92. The molecule has 1 aliphatic rings. The van der Waals surface area contributed by atoms with Crippen molar-refractivity contribution in [3.8, 4) is 0 Å². The van der Waals surface area contributed by atoms with Gasteiger partial charge in [-0.2, -0.15) is 0 Å². The van der Waals surface area contributed by atoms with Crippen molar-refractivity contribution >= 4 is 40.0 Å². The van der Waals surface area contributed by atoms with Crippen molar-refractivity contribution in [3.05, 3.63) is 40.0 Å². The molecule has 1 amide bonds. The molecule has 2 aromatic rings. The van der Waals surface area contributed by atoms with E-state index in [0.29, 0.717) is 34.5 Å². The first-order valence-electron chi connectivity index (χ1n) is 7.76. The molecule has 128 valence electrons. The highest BCUT2D eigenvalue weighted by atomic mass is 35.5. The van der Waals surface area contributed by atoms with Crippen molar-refractivity contribution in [2.45, 2.75) is 31.6 Å². The van der Waals surface area contributed by atoms with Gasteiger partial charge < -0.3 is 5.32 Å². The van der Waals surface area contributed by atoms with Crippen molar-refractivity contribution < 1.29 is 13.6 Å². The molecule has 1 aromatic heterocycles. The van der Waals surface area contributed by atoms with Gasteiger partial charge in [0, 0.05) is 24.8 Å². The Bertz CT molecular complexity index is 783. The minimum atomic E-state index is -2.63. The van der Waals surface area contributed by atoms with Crippen LogP contribution in [0.25, 0.3) is 10.9 Å². The van der Waals surface area contributed by atoms with E-state index in [1.807, 2.05) is 0 Å². The van der Waals surface area contributed by atoms with E-state index in [9.17, 15) is 13.6 Å². The van der Waals surface area contributed by atoms with E-state index in [1.165, 1.54) is 0 Å². The summed E-state index contributed by atoms with van der Waals surface area (Å²) in [5.74, 6) is -3.24. The smallest absolute Gasteiger partial charge is 0.253 e. The Morgan fingerprint density at radius 3 is 2.83 bits per heavy atom. The summed E-state index contributed by atoms with van der Waals surface area (Å²) in [6.45, 7) is 0.210. The maximum atomic E-state index is 13.5. The Hall–Kier alpha value is -1.46. The molecule has 1 atom stereocenters. The van der Waals surface area contributed by atoms with Crippen LogP contribution < -0.4 is 5.32 Å². The van der Waals surface area contributed by atoms with Gasteiger partial charge in [0.1, 0.15) is 5.15 Å². The van der Waals surface area contributed by atoms with Gasteiger partial charge in [-0.3, -0.25) is 4.79 Å². The highest BCUT2D eigenvalue weighted by molar-refractivity contribution is 6.35. The van der Waals surface area contributed by atoms with Crippen molar-refractivity contribution in [1.82, 2.24) is 10.3 Å². The van der Waals surface area contributed by atoms with Crippen LogP contribution in [0.3, 0.4) is 0 Å². The quantitative estimate of drug-likeness (QED) is 0.761. The lowest BCUT2D eigenvalue weighted by Gasteiger charge is -2.29. The van der Waals surface area contributed by atoms with Gasteiger partial charge in [0.15, 0.2) is 0 Å². The Morgan fingerprint density at radius 1 is 1.29 bits per heavy atom. The molecule has 1 saturated carbocycles. The zero-order valence-corrected chi connectivity index (χ0v) is 14.3. The molecular formula is C17H16Cl2F2N2O. The van der Waals surface area contributed by atoms with Gasteiger partial charge in [-0.25, -0.2) is 13.8 Å². The van der Waals surface area contributed by atoms with Crippen LogP contribution in [0.2, 0.25) is 10.2 Å². The number of rotatable bonds is 3. The van der Waals surface area contributed by atoms with E-state index >= 15 is 0 Å². The van der Waals surface area contributed by atoms with Gasteiger partial charge in [0.2, 0.25) is 5.92 Å². The molecule has 3 rings (SSSR count). The molecule has 0 aliphatic heterocycles. The number of hydrogen-bond acceptors (Lipinski definition) is 2. The molecule has 3 nitrogen and oxygen atoms in total. The Labute approximate surface area is 148 Å². The summed E-state index contributed by atoms with van der Waals surface area (Å²) in [5, 5.41) is 3.93. The second-order valence-corrected chi connectivity index (χ2v) is 6.95. The lowest BCUT2D eigenvalue weighted by molar-refractivity contribution is -0.0518.